The van der Waals surface area contributed by atoms with Crippen molar-refractivity contribution in [3.8, 4) is 0 Å². The summed E-state index contributed by atoms with van der Waals surface area (Å²) < 4.78 is 7.75. The van der Waals surface area contributed by atoms with Crippen LogP contribution >= 0.6 is 15.9 Å². The molecule has 0 saturated carbocycles. The molecule has 1 rings (SSSR count). The van der Waals surface area contributed by atoms with Crippen LogP contribution in [0.5, 0.6) is 0 Å². The molecule has 0 aromatic heterocycles. The van der Waals surface area contributed by atoms with Gasteiger partial charge < -0.3 is 4.43 Å². The molecule has 126 valence electrons. The molecule has 0 aliphatic heterocycles. The van der Waals surface area contributed by atoms with Gasteiger partial charge in [-0.15, -0.1) is 0 Å². The second kappa shape index (κ2) is 7.19. The number of hydrogen-bond donors (Lipinski definition) is 0. The van der Waals surface area contributed by atoms with Crippen molar-refractivity contribution in [3.63, 3.8) is 0 Å². The number of hydrogen-bond acceptors (Lipinski definition) is 1. The molecule has 0 fully saturated rings. The zero-order valence-corrected chi connectivity index (χ0v) is 18.2. The van der Waals surface area contributed by atoms with Crippen LogP contribution in [0.4, 0.5) is 0 Å². The third-order valence-corrected chi connectivity index (χ3v) is 10.8. The predicted molar refractivity (Wildman–Crippen MR) is 104 cm³/mol. The average Bonchev–Trinajstić information content (AvgIpc) is 2.39. The van der Waals surface area contributed by atoms with Gasteiger partial charge >= 0.3 is 0 Å². The first-order chi connectivity index (χ1) is 9.89. The number of halogens is 1. The molecule has 1 nitrogen and oxygen atoms in total. The normalized spacial score (nSPS) is 13.7. The van der Waals surface area contributed by atoms with E-state index in [0.29, 0.717) is 5.92 Å². The maximum absolute atomic E-state index is 6.56. The van der Waals surface area contributed by atoms with E-state index >= 15 is 0 Å². The summed E-state index contributed by atoms with van der Waals surface area (Å²) in [5.74, 6) is 0.639. The first-order valence-electron chi connectivity index (χ1n) is 8.26. The van der Waals surface area contributed by atoms with E-state index in [1.165, 1.54) is 10.0 Å². The van der Waals surface area contributed by atoms with Gasteiger partial charge in [-0.2, -0.15) is 0 Å². The lowest BCUT2D eigenvalue weighted by molar-refractivity contribution is 0.158. The molecule has 0 aliphatic rings. The Bertz CT molecular complexity index is 492. The van der Waals surface area contributed by atoms with E-state index in [-0.39, 0.29) is 10.5 Å². The van der Waals surface area contributed by atoms with E-state index in [0.717, 1.165) is 13.0 Å². The Morgan fingerprint density at radius 2 is 1.64 bits per heavy atom. The highest BCUT2D eigenvalue weighted by Gasteiger charge is 2.44. The second-order valence-electron chi connectivity index (χ2n) is 8.61. The van der Waals surface area contributed by atoms with Crippen molar-refractivity contribution in [1.82, 2.24) is 0 Å². The topological polar surface area (TPSA) is 9.23 Å². The maximum Gasteiger partial charge on any atom is 0.192 e. The van der Waals surface area contributed by atoms with Crippen molar-refractivity contribution in [2.75, 3.05) is 6.61 Å². The molecule has 0 spiro atoms. The van der Waals surface area contributed by atoms with E-state index < -0.39 is 8.32 Å². The molecular formula is C19H33BrOSi. The highest BCUT2D eigenvalue weighted by molar-refractivity contribution is 9.10. The van der Waals surface area contributed by atoms with E-state index in [4.69, 9.17) is 4.43 Å². The van der Waals surface area contributed by atoms with Crippen molar-refractivity contribution in [1.29, 1.82) is 0 Å². The van der Waals surface area contributed by atoms with Crippen molar-refractivity contribution in [2.24, 2.45) is 11.3 Å². The van der Waals surface area contributed by atoms with Gasteiger partial charge in [-0.25, -0.2) is 0 Å². The van der Waals surface area contributed by atoms with Gasteiger partial charge in [0.15, 0.2) is 8.32 Å². The third-order valence-electron chi connectivity index (χ3n) is 5.45. The fourth-order valence-corrected chi connectivity index (χ4v) is 5.40. The molecule has 22 heavy (non-hydrogen) atoms. The second-order valence-corrected chi connectivity index (χ2v) is 14.1. The lowest BCUT2D eigenvalue weighted by Crippen LogP contribution is -2.47. The summed E-state index contributed by atoms with van der Waals surface area (Å²) in [5, 5.41) is 0.274. The van der Waals surface area contributed by atoms with E-state index in [1.807, 2.05) is 0 Å². The molecular weight excluding hydrogens is 352 g/mol. The largest absolute Gasteiger partial charge is 0.416 e. The maximum atomic E-state index is 6.56. The minimum atomic E-state index is -1.75. The summed E-state index contributed by atoms with van der Waals surface area (Å²) in [6.45, 7) is 19.5. The molecule has 3 heteroatoms. The fourth-order valence-electron chi connectivity index (χ4n) is 2.47. The molecule has 0 heterocycles. The van der Waals surface area contributed by atoms with Crippen molar-refractivity contribution >= 4 is 24.2 Å². The average molecular weight is 385 g/mol. The van der Waals surface area contributed by atoms with Crippen LogP contribution in [0, 0.1) is 11.3 Å². The minimum absolute atomic E-state index is 0.140. The number of benzene rings is 1. The summed E-state index contributed by atoms with van der Waals surface area (Å²) >= 11 is 3.66. The molecule has 0 amide bonds. The van der Waals surface area contributed by atoms with E-state index in [9.17, 15) is 0 Å². The first-order valence-corrected chi connectivity index (χ1v) is 12.0. The van der Waals surface area contributed by atoms with Gasteiger partial charge in [0.25, 0.3) is 0 Å². The summed E-state index contributed by atoms with van der Waals surface area (Å²) in [6, 6.07) is 8.50. The molecule has 0 unspecified atom stereocenters. The quantitative estimate of drug-likeness (QED) is 0.476. The van der Waals surface area contributed by atoms with Crippen LogP contribution in [0.2, 0.25) is 18.1 Å². The zero-order valence-electron chi connectivity index (χ0n) is 15.6. The van der Waals surface area contributed by atoms with Crippen LogP contribution in [0.25, 0.3) is 0 Å². The Morgan fingerprint density at radius 1 is 1.09 bits per heavy atom. The molecule has 0 N–H and O–H groups in total. The Labute approximate surface area is 147 Å². The predicted octanol–water partition coefficient (Wildman–Crippen LogP) is 6.68. The van der Waals surface area contributed by atoms with Crippen LogP contribution in [-0.2, 0) is 10.8 Å². The molecule has 0 radical (unpaired) electrons. The summed E-state index contributed by atoms with van der Waals surface area (Å²) in [4.78, 5) is 0. The Kier molecular flexibility index (Phi) is 6.51. The van der Waals surface area contributed by atoms with E-state index in [2.05, 4.69) is 94.8 Å². The van der Waals surface area contributed by atoms with Gasteiger partial charge in [0.05, 0.1) is 0 Å². The zero-order chi connectivity index (χ0) is 17.2. The standard InChI is InChI=1S/C19H33BrOSi/c1-15(2)19(5,6)22(7,8)21-14-18(3,4)13-16-11-9-10-12-17(16)20/h9-12,15H,13-14H2,1-8H3. The van der Waals surface area contributed by atoms with Crippen LogP contribution in [-0.4, -0.2) is 14.9 Å². The van der Waals surface area contributed by atoms with Crippen LogP contribution in [0.15, 0.2) is 28.7 Å². The Hall–Kier alpha value is -0.123. The highest BCUT2D eigenvalue weighted by atomic mass is 79.9. The first kappa shape index (κ1) is 19.9. The van der Waals surface area contributed by atoms with Crippen molar-refractivity contribution in [2.45, 2.75) is 66.1 Å². The van der Waals surface area contributed by atoms with Crippen LogP contribution in [0.1, 0.15) is 47.1 Å². The SMILES string of the molecule is CC(C)C(C)(C)[Si](C)(C)OCC(C)(C)Cc1ccccc1Br. The monoisotopic (exact) mass is 384 g/mol. The fraction of sp³-hybridized carbons (Fsp3) is 0.684. The summed E-state index contributed by atoms with van der Waals surface area (Å²) in [5.41, 5.74) is 1.50. The van der Waals surface area contributed by atoms with Gasteiger partial charge in [0.2, 0.25) is 0 Å². The van der Waals surface area contributed by atoms with E-state index in [1.54, 1.807) is 0 Å². The Morgan fingerprint density at radius 3 is 2.14 bits per heavy atom. The molecule has 1 aromatic rings. The molecule has 1 aromatic carbocycles. The lowest BCUT2D eigenvalue weighted by Gasteiger charge is -2.44. The van der Waals surface area contributed by atoms with Gasteiger partial charge in [0, 0.05) is 11.1 Å². The van der Waals surface area contributed by atoms with Crippen LogP contribution in [0.3, 0.4) is 0 Å². The van der Waals surface area contributed by atoms with Crippen LogP contribution < -0.4 is 0 Å². The molecule has 0 atom stereocenters. The van der Waals surface area contributed by atoms with Gasteiger partial charge in [-0.1, -0.05) is 75.7 Å². The summed E-state index contributed by atoms with van der Waals surface area (Å²) in [6.07, 6.45) is 1.03. The smallest absolute Gasteiger partial charge is 0.192 e. The third kappa shape index (κ3) is 4.94. The van der Waals surface area contributed by atoms with Gasteiger partial charge in [-0.3, -0.25) is 0 Å². The highest BCUT2D eigenvalue weighted by Crippen LogP contribution is 2.45. The Balaban J connectivity index is 2.75. The molecule has 0 saturated heterocycles. The number of rotatable bonds is 7. The van der Waals surface area contributed by atoms with Gasteiger partial charge in [-0.05, 0) is 47.5 Å². The van der Waals surface area contributed by atoms with Crippen molar-refractivity contribution in [3.05, 3.63) is 34.3 Å². The summed E-state index contributed by atoms with van der Waals surface area (Å²) in [7, 11) is -1.75. The van der Waals surface area contributed by atoms with Gasteiger partial charge in [0.1, 0.15) is 0 Å². The lowest BCUT2D eigenvalue weighted by atomic mass is 9.87. The van der Waals surface area contributed by atoms with Crippen molar-refractivity contribution < 1.29 is 4.43 Å². The minimum Gasteiger partial charge on any atom is -0.416 e. The molecule has 0 bridgehead atoms. The molecule has 0 aliphatic carbocycles.